The summed E-state index contributed by atoms with van der Waals surface area (Å²) in [6.45, 7) is 0.924. The summed E-state index contributed by atoms with van der Waals surface area (Å²) in [5.41, 5.74) is 0.469. The van der Waals surface area contributed by atoms with Gasteiger partial charge in [0.2, 0.25) is 0 Å². The van der Waals surface area contributed by atoms with E-state index in [9.17, 15) is 14.4 Å². The van der Waals surface area contributed by atoms with Gasteiger partial charge in [-0.2, -0.15) is 0 Å². The van der Waals surface area contributed by atoms with Gasteiger partial charge in [-0.05, 0) is 37.3 Å². The smallest absolute Gasteiger partial charge is 0.326 e. The molecule has 1 atom stereocenters. The molecule has 8 nitrogen and oxygen atoms in total. The highest BCUT2D eigenvalue weighted by Gasteiger charge is 2.20. The first kappa shape index (κ1) is 24.6. The number of amides is 2. The average Bonchev–Trinajstić information content (AvgIpc) is 2.75. The lowest BCUT2D eigenvalue weighted by Gasteiger charge is -2.15. The number of benzene rings is 2. The molecule has 0 heterocycles. The summed E-state index contributed by atoms with van der Waals surface area (Å²) < 4.78 is 15.3. The molecule has 2 rings (SSSR count). The number of carbonyl (C=O) groups excluding carboxylic acids is 3. The van der Waals surface area contributed by atoms with Gasteiger partial charge in [-0.15, -0.1) is 0 Å². The predicted molar refractivity (Wildman–Crippen MR) is 118 cm³/mol. The van der Waals surface area contributed by atoms with Crippen molar-refractivity contribution in [1.29, 1.82) is 0 Å². The lowest BCUT2D eigenvalue weighted by molar-refractivity contribution is -0.152. The Bertz CT molecular complexity index is 999. The first-order valence-electron chi connectivity index (χ1n) is 8.81. The van der Waals surface area contributed by atoms with Crippen molar-refractivity contribution in [3.05, 3.63) is 51.0 Å². The standard InChI is InChI=1S/C20H19Cl3N2O6/c1-10(19(27)25-15-8-13(22)12(21)7-14(15)23)31-18(26)9-24-20(28)11-4-5-16(29-2)17(6-11)30-3/h4-8,10H,9H2,1-3H3,(H,24,28)(H,25,27). The fourth-order valence-electron chi connectivity index (χ4n) is 2.38. The molecule has 0 aliphatic rings. The maximum absolute atomic E-state index is 12.3. The summed E-state index contributed by atoms with van der Waals surface area (Å²) in [4.78, 5) is 36.5. The number of ether oxygens (including phenoxy) is 3. The lowest BCUT2D eigenvalue weighted by Crippen LogP contribution is -2.35. The van der Waals surface area contributed by atoms with Gasteiger partial charge < -0.3 is 24.8 Å². The van der Waals surface area contributed by atoms with Crippen LogP contribution in [0.1, 0.15) is 17.3 Å². The van der Waals surface area contributed by atoms with Crippen LogP contribution < -0.4 is 20.1 Å². The molecule has 2 N–H and O–H groups in total. The number of carbonyl (C=O) groups is 3. The highest BCUT2D eigenvalue weighted by atomic mass is 35.5. The third-order valence-electron chi connectivity index (χ3n) is 3.98. The second-order valence-corrected chi connectivity index (χ2v) is 7.34. The van der Waals surface area contributed by atoms with E-state index in [1.54, 1.807) is 6.07 Å². The van der Waals surface area contributed by atoms with E-state index in [0.29, 0.717) is 11.5 Å². The van der Waals surface area contributed by atoms with Crippen molar-refractivity contribution in [1.82, 2.24) is 5.32 Å². The molecule has 166 valence electrons. The molecule has 0 bridgehead atoms. The first-order valence-corrected chi connectivity index (χ1v) is 9.94. The molecule has 1 unspecified atom stereocenters. The van der Waals surface area contributed by atoms with Crippen molar-refractivity contribution in [3.8, 4) is 11.5 Å². The highest BCUT2D eigenvalue weighted by Crippen LogP contribution is 2.32. The number of anilines is 1. The van der Waals surface area contributed by atoms with Crippen LogP contribution in [0.4, 0.5) is 5.69 Å². The van der Waals surface area contributed by atoms with Crippen LogP contribution in [0.5, 0.6) is 11.5 Å². The topological polar surface area (TPSA) is 103 Å². The van der Waals surface area contributed by atoms with E-state index < -0.39 is 30.4 Å². The Kier molecular flexibility index (Phi) is 8.79. The molecule has 2 aromatic carbocycles. The Hall–Kier alpha value is -2.68. The minimum atomic E-state index is -1.16. The molecule has 0 radical (unpaired) electrons. The van der Waals surface area contributed by atoms with Crippen molar-refractivity contribution >= 4 is 58.3 Å². The van der Waals surface area contributed by atoms with Crippen LogP contribution in [0, 0.1) is 0 Å². The van der Waals surface area contributed by atoms with E-state index in [0.717, 1.165) is 0 Å². The molecule has 2 aromatic rings. The lowest BCUT2D eigenvalue weighted by atomic mass is 10.2. The number of rotatable bonds is 8. The van der Waals surface area contributed by atoms with E-state index in [-0.39, 0.29) is 26.3 Å². The van der Waals surface area contributed by atoms with Gasteiger partial charge in [-0.1, -0.05) is 34.8 Å². The van der Waals surface area contributed by atoms with Gasteiger partial charge in [0.05, 0.1) is 35.0 Å². The van der Waals surface area contributed by atoms with Gasteiger partial charge >= 0.3 is 5.97 Å². The summed E-state index contributed by atoms with van der Waals surface area (Å²) in [5, 5.41) is 5.50. The average molecular weight is 490 g/mol. The molecular formula is C20H19Cl3N2O6. The maximum Gasteiger partial charge on any atom is 0.326 e. The van der Waals surface area contributed by atoms with Crippen molar-refractivity contribution in [2.75, 3.05) is 26.1 Å². The van der Waals surface area contributed by atoms with Crippen LogP contribution in [0.25, 0.3) is 0 Å². The van der Waals surface area contributed by atoms with Gasteiger partial charge in [0.1, 0.15) is 6.54 Å². The van der Waals surface area contributed by atoms with Gasteiger partial charge in [0.25, 0.3) is 11.8 Å². The van der Waals surface area contributed by atoms with Crippen molar-refractivity contribution in [3.63, 3.8) is 0 Å². The summed E-state index contributed by atoms with van der Waals surface area (Å²) in [7, 11) is 2.91. The fourth-order valence-corrected chi connectivity index (χ4v) is 2.97. The van der Waals surface area contributed by atoms with Crippen LogP contribution in [0.2, 0.25) is 15.1 Å². The van der Waals surface area contributed by atoms with Crippen LogP contribution in [0.15, 0.2) is 30.3 Å². The Morgan fingerprint density at radius 1 is 0.935 bits per heavy atom. The largest absolute Gasteiger partial charge is 0.493 e. The van der Waals surface area contributed by atoms with Crippen LogP contribution in [-0.2, 0) is 14.3 Å². The Morgan fingerprint density at radius 3 is 2.23 bits per heavy atom. The van der Waals surface area contributed by atoms with E-state index in [1.807, 2.05) is 0 Å². The third kappa shape index (κ3) is 6.65. The van der Waals surface area contributed by atoms with Gasteiger partial charge in [-0.3, -0.25) is 14.4 Å². The second kappa shape index (κ2) is 11.1. The monoisotopic (exact) mass is 488 g/mol. The minimum Gasteiger partial charge on any atom is -0.493 e. The molecule has 0 spiro atoms. The van der Waals surface area contributed by atoms with Gasteiger partial charge in [0, 0.05) is 5.56 Å². The van der Waals surface area contributed by atoms with Gasteiger partial charge in [0.15, 0.2) is 17.6 Å². The molecule has 31 heavy (non-hydrogen) atoms. The second-order valence-electron chi connectivity index (χ2n) is 6.12. The molecule has 0 aromatic heterocycles. The zero-order chi connectivity index (χ0) is 23.1. The molecular weight excluding hydrogens is 471 g/mol. The van der Waals surface area contributed by atoms with Crippen molar-refractivity contribution in [2.45, 2.75) is 13.0 Å². The van der Waals surface area contributed by atoms with E-state index in [4.69, 9.17) is 49.0 Å². The number of esters is 1. The van der Waals surface area contributed by atoms with Crippen molar-refractivity contribution < 1.29 is 28.6 Å². The quantitative estimate of drug-likeness (QED) is 0.430. The van der Waals surface area contributed by atoms with Gasteiger partial charge in [-0.25, -0.2) is 0 Å². The van der Waals surface area contributed by atoms with E-state index in [1.165, 1.54) is 45.4 Å². The molecule has 11 heteroatoms. The van der Waals surface area contributed by atoms with Crippen LogP contribution >= 0.6 is 34.8 Å². The summed E-state index contributed by atoms with van der Waals surface area (Å²) >= 11 is 17.8. The first-order chi connectivity index (χ1) is 14.7. The maximum atomic E-state index is 12.3. The third-order valence-corrected chi connectivity index (χ3v) is 5.02. The zero-order valence-electron chi connectivity index (χ0n) is 16.8. The number of nitrogens with one attached hydrogen (secondary N) is 2. The van der Waals surface area contributed by atoms with Crippen LogP contribution in [0.3, 0.4) is 0 Å². The highest BCUT2D eigenvalue weighted by molar-refractivity contribution is 6.44. The molecule has 0 fully saturated rings. The summed E-state index contributed by atoms with van der Waals surface area (Å²) in [5.74, 6) is -1.15. The predicted octanol–water partition coefficient (Wildman–Crippen LogP) is 3.96. The molecule has 0 saturated carbocycles. The molecule has 0 saturated heterocycles. The van der Waals surface area contributed by atoms with E-state index in [2.05, 4.69) is 10.6 Å². The van der Waals surface area contributed by atoms with Crippen LogP contribution in [-0.4, -0.2) is 44.7 Å². The molecule has 0 aliphatic carbocycles. The summed E-state index contributed by atoms with van der Waals surface area (Å²) in [6, 6.07) is 7.30. The SMILES string of the molecule is COc1ccc(C(=O)NCC(=O)OC(C)C(=O)Nc2cc(Cl)c(Cl)cc2Cl)cc1OC. The number of hydrogen-bond acceptors (Lipinski definition) is 6. The molecule has 2 amide bonds. The van der Waals surface area contributed by atoms with Crippen molar-refractivity contribution in [2.24, 2.45) is 0 Å². The number of methoxy groups -OCH3 is 2. The summed E-state index contributed by atoms with van der Waals surface area (Å²) in [6.07, 6.45) is -1.16. The Labute approximate surface area is 193 Å². The molecule has 0 aliphatic heterocycles. The number of hydrogen-bond donors (Lipinski definition) is 2. The minimum absolute atomic E-state index is 0.170. The van der Waals surface area contributed by atoms with E-state index >= 15 is 0 Å². The fraction of sp³-hybridized carbons (Fsp3) is 0.250. The number of halogens is 3. The normalized spacial score (nSPS) is 11.3. The Morgan fingerprint density at radius 2 is 1.58 bits per heavy atom. The Balaban J connectivity index is 1.90. The zero-order valence-corrected chi connectivity index (χ0v) is 19.0.